The number of nitro groups is 1. The average molecular weight is 484 g/mol. The van der Waals surface area contributed by atoms with Gasteiger partial charge >= 0.3 is 5.97 Å². The summed E-state index contributed by atoms with van der Waals surface area (Å²) in [5.41, 5.74) is -0.0242. The number of hydrogen-bond acceptors (Lipinski definition) is 6. The van der Waals surface area contributed by atoms with Crippen LogP contribution in [0.15, 0.2) is 53.4 Å². The molecule has 0 aliphatic rings. The topological polar surface area (TPSA) is 156 Å². The molecule has 0 unspecified atom stereocenters. The maximum absolute atomic E-state index is 12.9. The van der Waals surface area contributed by atoms with Crippen molar-refractivity contribution in [1.82, 2.24) is 10.0 Å². The molecule has 0 fully saturated rings. The van der Waals surface area contributed by atoms with Crippen molar-refractivity contribution >= 4 is 39.2 Å². The van der Waals surface area contributed by atoms with Crippen molar-refractivity contribution in [2.24, 2.45) is 5.92 Å². The molecular formula is C20H22ClN3O7S. The molecule has 1 amide bonds. The average Bonchev–Trinajstić information content (AvgIpc) is 2.75. The van der Waals surface area contributed by atoms with Crippen molar-refractivity contribution in [3.63, 3.8) is 0 Å². The van der Waals surface area contributed by atoms with Crippen LogP contribution in [0.25, 0.3) is 0 Å². The molecule has 0 saturated carbocycles. The summed E-state index contributed by atoms with van der Waals surface area (Å²) in [5.74, 6) is -2.64. The van der Waals surface area contributed by atoms with Gasteiger partial charge in [-0.1, -0.05) is 44.0 Å². The zero-order valence-electron chi connectivity index (χ0n) is 17.2. The van der Waals surface area contributed by atoms with Gasteiger partial charge in [0.2, 0.25) is 15.9 Å². The standard InChI is InChI=1S/C20H22ClN3O7S/c1-3-12(2)17(23-32(30,31)16-10-8-15(9-11-16)24(28)29)19(25)22-18(20(26)27)13-4-6-14(21)7-5-13/h4-12,17-18,23H,3H2,1-2H3,(H,22,25)(H,26,27)/t12-,17-,18-/m0/s1. The van der Waals surface area contributed by atoms with Crippen molar-refractivity contribution in [2.75, 3.05) is 0 Å². The second-order valence-electron chi connectivity index (χ2n) is 7.07. The number of carboxylic acid groups (broad SMARTS) is 1. The van der Waals surface area contributed by atoms with Crippen molar-refractivity contribution in [1.29, 1.82) is 0 Å². The van der Waals surface area contributed by atoms with Gasteiger partial charge in [0.1, 0.15) is 6.04 Å². The first-order valence-corrected chi connectivity index (χ1v) is 11.4. The van der Waals surface area contributed by atoms with Gasteiger partial charge in [-0.25, -0.2) is 13.2 Å². The number of non-ortho nitro benzene ring substituents is 1. The van der Waals surface area contributed by atoms with Crippen LogP contribution >= 0.6 is 11.6 Å². The number of hydrogen-bond donors (Lipinski definition) is 3. The number of aliphatic carboxylic acids is 1. The van der Waals surface area contributed by atoms with E-state index in [1.165, 1.54) is 24.3 Å². The number of sulfonamides is 1. The second kappa shape index (κ2) is 10.5. The lowest BCUT2D eigenvalue weighted by atomic mass is 9.98. The minimum atomic E-state index is -4.23. The number of benzene rings is 2. The number of rotatable bonds is 10. The van der Waals surface area contributed by atoms with Gasteiger partial charge < -0.3 is 10.4 Å². The number of nitrogens with one attached hydrogen (secondary N) is 2. The van der Waals surface area contributed by atoms with Crippen LogP contribution in [0, 0.1) is 16.0 Å². The van der Waals surface area contributed by atoms with Gasteiger partial charge in [-0.05, 0) is 35.7 Å². The molecule has 0 saturated heterocycles. The maximum atomic E-state index is 12.9. The van der Waals surface area contributed by atoms with Crippen LogP contribution in [0.4, 0.5) is 5.69 Å². The summed E-state index contributed by atoms with van der Waals surface area (Å²) in [4.78, 5) is 34.5. The van der Waals surface area contributed by atoms with Crippen molar-refractivity contribution in [3.05, 3.63) is 69.2 Å². The first-order valence-electron chi connectivity index (χ1n) is 9.51. The molecule has 3 N–H and O–H groups in total. The maximum Gasteiger partial charge on any atom is 0.330 e. The van der Waals surface area contributed by atoms with Gasteiger partial charge in [0.05, 0.1) is 9.82 Å². The third-order valence-corrected chi connectivity index (χ3v) is 6.58. The fourth-order valence-corrected chi connectivity index (χ4v) is 4.25. The Kier molecular flexibility index (Phi) is 8.31. The van der Waals surface area contributed by atoms with Gasteiger partial charge in [-0.3, -0.25) is 14.9 Å². The van der Waals surface area contributed by atoms with Crippen molar-refractivity contribution in [2.45, 2.75) is 37.2 Å². The molecule has 32 heavy (non-hydrogen) atoms. The van der Waals surface area contributed by atoms with Gasteiger partial charge in [-0.2, -0.15) is 4.72 Å². The third-order valence-electron chi connectivity index (χ3n) is 4.87. The highest BCUT2D eigenvalue weighted by molar-refractivity contribution is 7.89. The number of halogens is 1. The fraction of sp³-hybridized carbons (Fsp3) is 0.300. The van der Waals surface area contributed by atoms with E-state index in [4.69, 9.17) is 11.6 Å². The molecule has 2 aromatic carbocycles. The Morgan fingerprint density at radius 3 is 2.16 bits per heavy atom. The summed E-state index contributed by atoms with van der Waals surface area (Å²) in [6.07, 6.45) is 0.416. The predicted molar refractivity (Wildman–Crippen MR) is 117 cm³/mol. The number of carboxylic acids is 1. The second-order valence-corrected chi connectivity index (χ2v) is 9.22. The van der Waals surface area contributed by atoms with E-state index in [-0.39, 0.29) is 16.1 Å². The van der Waals surface area contributed by atoms with E-state index in [9.17, 15) is 33.2 Å². The lowest BCUT2D eigenvalue weighted by Crippen LogP contribution is -2.51. The van der Waals surface area contributed by atoms with Crippen LogP contribution in [-0.4, -0.2) is 36.4 Å². The molecule has 0 heterocycles. The van der Waals surface area contributed by atoms with Crippen LogP contribution < -0.4 is 10.0 Å². The molecule has 3 atom stereocenters. The number of amides is 1. The monoisotopic (exact) mass is 483 g/mol. The molecule has 0 aliphatic carbocycles. The Balaban J connectivity index is 2.29. The van der Waals surface area contributed by atoms with Crippen LogP contribution in [0.1, 0.15) is 31.9 Å². The summed E-state index contributed by atoms with van der Waals surface area (Å²) < 4.78 is 27.9. The summed E-state index contributed by atoms with van der Waals surface area (Å²) in [6, 6.07) is 7.32. The smallest absolute Gasteiger partial charge is 0.330 e. The van der Waals surface area contributed by atoms with Gasteiger partial charge in [0.15, 0.2) is 6.04 Å². The number of nitro benzene ring substituents is 1. The van der Waals surface area contributed by atoms with E-state index in [0.717, 1.165) is 24.3 Å². The summed E-state index contributed by atoms with van der Waals surface area (Å²) in [5, 5.41) is 23.1. The van der Waals surface area contributed by atoms with E-state index in [0.29, 0.717) is 11.4 Å². The Morgan fingerprint density at radius 2 is 1.69 bits per heavy atom. The molecule has 2 rings (SSSR count). The van der Waals surface area contributed by atoms with Crippen molar-refractivity contribution in [3.8, 4) is 0 Å². The van der Waals surface area contributed by atoms with E-state index in [2.05, 4.69) is 10.0 Å². The van der Waals surface area contributed by atoms with Crippen LogP contribution in [0.3, 0.4) is 0 Å². The lowest BCUT2D eigenvalue weighted by molar-refractivity contribution is -0.384. The highest BCUT2D eigenvalue weighted by Crippen LogP contribution is 2.20. The quantitative estimate of drug-likeness (QED) is 0.346. The SMILES string of the molecule is CC[C@H](C)[C@H](NS(=O)(=O)c1ccc([N+](=O)[O-])cc1)C(=O)N[C@H](C(=O)O)c1ccc(Cl)cc1. The Morgan fingerprint density at radius 1 is 1.12 bits per heavy atom. The molecule has 12 heteroatoms. The summed E-state index contributed by atoms with van der Waals surface area (Å²) in [7, 11) is -4.23. The molecule has 0 bridgehead atoms. The van der Waals surface area contributed by atoms with Crippen LogP contribution in [0.2, 0.25) is 5.02 Å². The Labute approximate surface area is 189 Å². The fourth-order valence-electron chi connectivity index (χ4n) is 2.82. The Bertz CT molecular complexity index is 1090. The molecular weight excluding hydrogens is 462 g/mol. The van der Waals surface area contributed by atoms with Gasteiger partial charge in [0.25, 0.3) is 5.69 Å². The summed E-state index contributed by atoms with van der Waals surface area (Å²) >= 11 is 5.82. The predicted octanol–water partition coefficient (Wildman–Crippen LogP) is 2.88. The van der Waals surface area contributed by atoms with E-state index >= 15 is 0 Å². The molecule has 0 aromatic heterocycles. The van der Waals surface area contributed by atoms with Crippen molar-refractivity contribution < 1.29 is 28.0 Å². The molecule has 2 aromatic rings. The van der Waals surface area contributed by atoms with Crippen LogP contribution in [-0.2, 0) is 19.6 Å². The van der Waals surface area contributed by atoms with Crippen LogP contribution in [0.5, 0.6) is 0 Å². The normalized spacial score (nSPS) is 14.2. The van der Waals surface area contributed by atoms with E-state index in [1.54, 1.807) is 13.8 Å². The molecule has 10 nitrogen and oxygen atoms in total. The Hall–Kier alpha value is -3.02. The third kappa shape index (κ3) is 6.25. The zero-order chi connectivity index (χ0) is 24.1. The summed E-state index contributed by atoms with van der Waals surface area (Å²) in [6.45, 7) is 3.39. The molecule has 0 aliphatic heterocycles. The van der Waals surface area contributed by atoms with E-state index < -0.39 is 44.8 Å². The first kappa shape index (κ1) is 25.2. The zero-order valence-corrected chi connectivity index (χ0v) is 18.8. The van der Waals surface area contributed by atoms with Gasteiger partial charge in [0, 0.05) is 17.2 Å². The number of nitrogens with zero attached hydrogens (tertiary/aromatic N) is 1. The highest BCUT2D eigenvalue weighted by atomic mass is 35.5. The number of carbonyl (C=O) groups is 2. The highest BCUT2D eigenvalue weighted by Gasteiger charge is 2.33. The van der Waals surface area contributed by atoms with Gasteiger partial charge in [-0.15, -0.1) is 0 Å². The molecule has 172 valence electrons. The first-order chi connectivity index (χ1) is 15.0. The lowest BCUT2D eigenvalue weighted by Gasteiger charge is -2.25. The number of carbonyl (C=O) groups excluding carboxylic acids is 1. The molecule has 0 spiro atoms. The molecule has 0 radical (unpaired) electrons. The van der Waals surface area contributed by atoms with E-state index in [1.807, 2.05) is 0 Å². The largest absolute Gasteiger partial charge is 0.479 e. The minimum absolute atomic E-state index is 0.261. The minimum Gasteiger partial charge on any atom is -0.479 e.